The summed E-state index contributed by atoms with van der Waals surface area (Å²) in [4.78, 5) is 4.06. The van der Waals surface area contributed by atoms with Crippen molar-refractivity contribution in [1.29, 1.82) is 0 Å². The number of nitrogens with two attached hydrogens (primary N) is 1. The smallest absolute Gasteiger partial charge is 0.244 e. The van der Waals surface area contributed by atoms with Gasteiger partial charge >= 0.3 is 0 Å². The van der Waals surface area contributed by atoms with E-state index in [1.807, 2.05) is 0 Å². The van der Waals surface area contributed by atoms with Gasteiger partial charge in [-0.3, -0.25) is 0 Å². The van der Waals surface area contributed by atoms with Crippen LogP contribution in [0.15, 0.2) is 23.2 Å². The van der Waals surface area contributed by atoms with E-state index in [9.17, 15) is 13.5 Å². The van der Waals surface area contributed by atoms with Crippen LogP contribution >= 0.6 is 0 Å². The van der Waals surface area contributed by atoms with Gasteiger partial charge in [-0.2, -0.15) is 4.31 Å². The Balaban J connectivity index is 2.20. The largest absolute Gasteiger partial charge is 0.390 e. The van der Waals surface area contributed by atoms with Crippen LogP contribution < -0.4 is 11.3 Å². The van der Waals surface area contributed by atoms with Crippen molar-refractivity contribution >= 4 is 15.8 Å². The Labute approximate surface area is 118 Å². The molecule has 1 unspecified atom stereocenters. The second kappa shape index (κ2) is 5.65. The summed E-state index contributed by atoms with van der Waals surface area (Å²) in [5.41, 5.74) is 1.56. The minimum atomic E-state index is -3.57. The normalized spacial score (nSPS) is 25.1. The lowest BCUT2D eigenvalue weighted by atomic mass is 9.98. The Morgan fingerprint density at radius 2 is 2.15 bits per heavy atom. The minimum Gasteiger partial charge on any atom is -0.390 e. The van der Waals surface area contributed by atoms with Gasteiger partial charge in [0.15, 0.2) is 0 Å². The van der Waals surface area contributed by atoms with Gasteiger partial charge < -0.3 is 10.5 Å². The van der Waals surface area contributed by atoms with Crippen molar-refractivity contribution in [2.75, 3.05) is 18.5 Å². The number of nitrogen functional groups attached to an aromatic ring is 1. The number of pyridine rings is 1. The molecular formula is C12H20N4O3S. The Hall–Kier alpha value is -1.22. The predicted molar refractivity (Wildman–Crippen MR) is 75.3 cm³/mol. The highest BCUT2D eigenvalue weighted by molar-refractivity contribution is 7.89. The second-order valence-corrected chi connectivity index (χ2v) is 7.22. The first kappa shape index (κ1) is 15.2. The number of nitrogens with one attached hydrogen (secondary N) is 1. The van der Waals surface area contributed by atoms with Crippen LogP contribution in [-0.4, -0.2) is 41.5 Å². The Bertz CT molecular complexity index is 557. The lowest BCUT2D eigenvalue weighted by molar-refractivity contribution is 0.0465. The van der Waals surface area contributed by atoms with Gasteiger partial charge in [-0.25, -0.2) is 19.2 Å². The van der Waals surface area contributed by atoms with Gasteiger partial charge in [0.2, 0.25) is 10.0 Å². The molecule has 7 nitrogen and oxygen atoms in total. The molecule has 1 aromatic rings. The van der Waals surface area contributed by atoms with E-state index in [-0.39, 0.29) is 4.90 Å². The zero-order valence-corrected chi connectivity index (χ0v) is 12.2. The first-order valence-corrected chi connectivity index (χ1v) is 7.94. The zero-order valence-electron chi connectivity index (χ0n) is 11.4. The van der Waals surface area contributed by atoms with Crippen molar-refractivity contribution < 1.29 is 13.5 Å². The number of nitrogens with zero attached hydrogens (tertiary/aromatic N) is 2. The van der Waals surface area contributed by atoms with Crippen molar-refractivity contribution in [2.45, 2.75) is 36.7 Å². The first-order valence-electron chi connectivity index (χ1n) is 6.50. The lowest BCUT2D eigenvalue weighted by Crippen LogP contribution is -2.33. The molecular weight excluding hydrogens is 280 g/mol. The van der Waals surface area contributed by atoms with Gasteiger partial charge in [0, 0.05) is 19.3 Å². The third-order valence-corrected chi connectivity index (χ3v) is 5.43. The lowest BCUT2D eigenvalue weighted by Gasteiger charge is -2.22. The molecule has 1 fully saturated rings. The maximum absolute atomic E-state index is 12.5. The zero-order chi connectivity index (χ0) is 14.8. The molecule has 2 rings (SSSR count). The fourth-order valence-corrected chi connectivity index (χ4v) is 3.67. The van der Waals surface area contributed by atoms with Gasteiger partial charge in [-0.15, -0.1) is 0 Å². The van der Waals surface area contributed by atoms with Crippen LogP contribution in [-0.2, 0) is 10.0 Å². The monoisotopic (exact) mass is 300 g/mol. The number of hydrogen-bond acceptors (Lipinski definition) is 6. The minimum absolute atomic E-state index is 0.137. The van der Waals surface area contributed by atoms with E-state index in [0.29, 0.717) is 38.2 Å². The van der Waals surface area contributed by atoms with E-state index in [4.69, 9.17) is 5.84 Å². The average Bonchev–Trinajstić information content (AvgIpc) is 2.60. The summed E-state index contributed by atoms with van der Waals surface area (Å²) in [6, 6.07) is 2.99. The van der Waals surface area contributed by atoms with Gasteiger partial charge in [-0.05, 0) is 38.3 Å². The maximum Gasteiger partial charge on any atom is 0.244 e. The molecule has 0 spiro atoms. The molecule has 1 saturated heterocycles. The van der Waals surface area contributed by atoms with Crippen LogP contribution in [0.1, 0.15) is 26.2 Å². The molecule has 0 aromatic carbocycles. The van der Waals surface area contributed by atoms with Crippen molar-refractivity contribution in [3.63, 3.8) is 0 Å². The molecule has 0 amide bonds. The average molecular weight is 300 g/mol. The van der Waals surface area contributed by atoms with Crippen LogP contribution in [0.2, 0.25) is 0 Å². The van der Waals surface area contributed by atoms with Crippen LogP contribution in [0, 0.1) is 0 Å². The molecule has 0 aliphatic carbocycles. The molecule has 0 saturated carbocycles. The van der Waals surface area contributed by atoms with Gasteiger partial charge in [0.1, 0.15) is 10.7 Å². The highest BCUT2D eigenvalue weighted by Gasteiger charge is 2.31. The van der Waals surface area contributed by atoms with Crippen LogP contribution in [0.3, 0.4) is 0 Å². The molecule has 1 aliphatic heterocycles. The first-order chi connectivity index (χ1) is 9.35. The standard InChI is InChI=1S/C12H20N4O3S/c1-12(17)5-2-7-16(8-6-12)20(18,19)10-3-4-11(15-13)14-9-10/h3-4,9,17H,2,5-8,13H2,1H3,(H,14,15). The predicted octanol–water partition coefficient (Wildman–Crippen LogP) is 0.293. The van der Waals surface area contributed by atoms with Crippen molar-refractivity contribution in [2.24, 2.45) is 5.84 Å². The molecule has 8 heteroatoms. The van der Waals surface area contributed by atoms with E-state index >= 15 is 0 Å². The van der Waals surface area contributed by atoms with Crippen molar-refractivity contribution in [1.82, 2.24) is 9.29 Å². The van der Waals surface area contributed by atoms with E-state index in [1.54, 1.807) is 6.92 Å². The van der Waals surface area contributed by atoms with E-state index in [2.05, 4.69) is 10.4 Å². The topological polar surface area (TPSA) is 109 Å². The number of hydrazine groups is 1. The molecule has 1 atom stereocenters. The molecule has 2 heterocycles. The number of aromatic nitrogens is 1. The Kier molecular flexibility index (Phi) is 4.28. The second-order valence-electron chi connectivity index (χ2n) is 5.28. The summed E-state index contributed by atoms with van der Waals surface area (Å²) in [5.74, 6) is 5.61. The summed E-state index contributed by atoms with van der Waals surface area (Å²) in [6.07, 6.45) is 2.96. The molecule has 112 valence electrons. The maximum atomic E-state index is 12.5. The van der Waals surface area contributed by atoms with Crippen molar-refractivity contribution in [3.8, 4) is 0 Å². The third kappa shape index (κ3) is 3.26. The SMILES string of the molecule is CC1(O)CCCN(S(=O)(=O)c2ccc(NN)nc2)CC1. The summed E-state index contributed by atoms with van der Waals surface area (Å²) in [7, 11) is -3.57. The van der Waals surface area contributed by atoms with Crippen LogP contribution in [0.25, 0.3) is 0 Å². The summed E-state index contributed by atoms with van der Waals surface area (Å²) >= 11 is 0. The van der Waals surface area contributed by atoms with Gasteiger partial charge in [-0.1, -0.05) is 0 Å². The number of aliphatic hydroxyl groups is 1. The molecule has 0 bridgehead atoms. The van der Waals surface area contributed by atoms with Crippen LogP contribution in [0.5, 0.6) is 0 Å². The molecule has 4 N–H and O–H groups in total. The highest BCUT2D eigenvalue weighted by atomic mass is 32.2. The van der Waals surface area contributed by atoms with Gasteiger partial charge in [0.05, 0.1) is 5.60 Å². The number of hydrogen-bond donors (Lipinski definition) is 3. The van der Waals surface area contributed by atoms with E-state index in [0.717, 1.165) is 0 Å². The number of sulfonamides is 1. The Morgan fingerprint density at radius 3 is 2.75 bits per heavy atom. The van der Waals surface area contributed by atoms with Crippen molar-refractivity contribution in [3.05, 3.63) is 18.3 Å². The fraction of sp³-hybridized carbons (Fsp3) is 0.583. The summed E-state index contributed by atoms with van der Waals surface area (Å²) in [6.45, 7) is 2.47. The molecule has 20 heavy (non-hydrogen) atoms. The van der Waals surface area contributed by atoms with Gasteiger partial charge in [0.25, 0.3) is 0 Å². The Morgan fingerprint density at radius 1 is 1.40 bits per heavy atom. The summed E-state index contributed by atoms with van der Waals surface area (Å²) < 4.78 is 26.4. The highest BCUT2D eigenvalue weighted by Crippen LogP contribution is 2.25. The van der Waals surface area contributed by atoms with E-state index in [1.165, 1.54) is 22.6 Å². The summed E-state index contributed by atoms with van der Waals surface area (Å²) in [5, 5.41) is 10.0. The van der Waals surface area contributed by atoms with E-state index < -0.39 is 15.6 Å². The molecule has 1 aliphatic rings. The fourth-order valence-electron chi connectivity index (χ4n) is 2.25. The molecule has 0 radical (unpaired) electrons. The van der Waals surface area contributed by atoms with Crippen LogP contribution in [0.4, 0.5) is 5.82 Å². The number of anilines is 1. The molecule has 1 aromatic heterocycles. The number of rotatable bonds is 3. The quantitative estimate of drug-likeness (QED) is 0.547. The third-order valence-electron chi connectivity index (χ3n) is 3.54.